The molecule has 5 heterocycles. The number of fused-ring (bicyclic) bond motifs is 1. The highest BCUT2D eigenvalue weighted by atomic mass is 35.5. The fourth-order valence-corrected chi connectivity index (χ4v) is 5.71. The van der Waals surface area contributed by atoms with E-state index in [1.807, 2.05) is 12.1 Å². The van der Waals surface area contributed by atoms with Gasteiger partial charge in [-0.2, -0.15) is 0 Å². The summed E-state index contributed by atoms with van der Waals surface area (Å²) >= 11 is 6.36. The van der Waals surface area contributed by atoms with E-state index in [1.165, 1.54) is 25.7 Å². The third kappa shape index (κ3) is 4.87. The van der Waals surface area contributed by atoms with Gasteiger partial charge in [-0.3, -0.25) is 14.5 Å². The summed E-state index contributed by atoms with van der Waals surface area (Å²) in [5, 5.41) is 4.40. The molecule has 0 aromatic carbocycles. The highest BCUT2D eigenvalue weighted by Gasteiger charge is 2.27. The zero-order valence-corrected chi connectivity index (χ0v) is 21.9. The molecule has 0 amide bonds. The molecule has 0 radical (unpaired) electrons. The number of nitrogens with one attached hydrogen (secondary N) is 1. The van der Waals surface area contributed by atoms with Gasteiger partial charge in [0.2, 0.25) is 11.8 Å². The number of H-pyrrole nitrogens is 1. The number of nitrogens with zero attached hydrogens (tertiary/aromatic N) is 7. The number of aromatic amines is 1. The van der Waals surface area contributed by atoms with Crippen LogP contribution in [0, 0.1) is 11.8 Å². The van der Waals surface area contributed by atoms with Crippen LogP contribution in [0.15, 0.2) is 33.8 Å². The molecule has 194 valence electrons. The molecule has 10 nitrogen and oxygen atoms in total. The van der Waals surface area contributed by atoms with Crippen LogP contribution in [0.3, 0.4) is 0 Å². The van der Waals surface area contributed by atoms with Crippen LogP contribution in [0.5, 0.6) is 0 Å². The lowest BCUT2D eigenvalue weighted by atomic mass is 9.83. The maximum Gasteiger partial charge on any atom is 0.439 e. The van der Waals surface area contributed by atoms with Crippen molar-refractivity contribution in [2.75, 3.05) is 38.1 Å². The highest BCUT2D eigenvalue weighted by molar-refractivity contribution is 6.30. The second-order valence-corrected chi connectivity index (χ2v) is 10.9. The standard InChI is InChI=1S/C26H31ClN8O2/c1-16-3-5-17(6-4-16)15-35-23-20(30-25(35)34-9-7-33(2)8-10-34)12-21(24-31-26(36)37-32-24)29-22(23)18-11-19(27)14-28-13-18/h11-14,16-17H,3-10,15H2,1-2H3,(H,31,32,36). The summed E-state index contributed by atoms with van der Waals surface area (Å²) in [4.78, 5) is 33.5. The summed E-state index contributed by atoms with van der Waals surface area (Å²) in [7, 11) is 2.16. The Morgan fingerprint density at radius 1 is 1.08 bits per heavy atom. The first kappa shape index (κ1) is 24.1. The van der Waals surface area contributed by atoms with E-state index < -0.39 is 5.76 Å². The minimum atomic E-state index is -0.627. The average molecular weight is 523 g/mol. The second-order valence-electron chi connectivity index (χ2n) is 10.5. The third-order valence-corrected chi connectivity index (χ3v) is 7.93. The summed E-state index contributed by atoms with van der Waals surface area (Å²) in [6.07, 6.45) is 8.31. The smallest absolute Gasteiger partial charge is 0.340 e. The first-order valence-corrected chi connectivity index (χ1v) is 13.3. The Morgan fingerprint density at radius 3 is 2.57 bits per heavy atom. The normalized spacial score (nSPS) is 21.1. The number of hydrogen-bond acceptors (Lipinski definition) is 8. The number of aromatic nitrogens is 6. The van der Waals surface area contributed by atoms with Crippen LogP contribution in [-0.2, 0) is 6.54 Å². The Morgan fingerprint density at radius 2 is 1.86 bits per heavy atom. The fourth-order valence-electron chi connectivity index (χ4n) is 5.54. The SMILES string of the molecule is CC1CCC(Cn2c(N3CCN(C)CC3)nc3cc(-c4noc(=O)[nH]4)nc(-c4cncc(Cl)c4)c32)CC1. The molecule has 4 aromatic rings. The Kier molecular flexibility index (Phi) is 6.46. The Bertz CT molecular complexity index is 1460. The molecule has 1 saturated carbocycles. The molecule has 6 rings (SSSR count). The van der Waals surface area contributed by atoms with Gasteiger partial charge in [-0.15, -0.1) is 0 Å². The van der Waals surface area contributed by atoms with Crippen LogP contribution in [0.1, 0.15) is 32.6 Å². The molecule has 11 heteroatoms. The maximum atomic E-state index is 11.7. The van der Waals surface area contributed by atoms with Gasteiger partial charge in [-0.05, 0) is 43.9 Å². The molecule has 4 aromatic heterocycles. The van der Waals surface area contributed by atoms with Gasteiger partial charge in [0, 0.05) is 50.7 Å². The van der Waals surface area contributed by atoms with Crippen molar-refractivity contribution in [3.8, 4) is 22.8 Å². The number of anilines is 1. The van der Waals surface area contributed by atoms with Gasteiger partial charge in [-0.1, -0.05) is 36.5 Å². The van der Waals surface area contributed by atoms with Crippen molar-refractivity contribution >= 4 is 28.6 Å². The molecule has 2 aliphatic rings. The molecule has 0 spiro atoms. The largest absolute Gasteiger partial charge is 0.439 e. The lowest BCUT2D eigenvalue weighted by molar-refractivity contribution is 0.265. The first-order chi connectivity index (χ1) is 17.9. The van der Waals surface area contributed by atoms with Gasteiger partial charge in [0.1, 0.15) is 5.69 Å². The number of pyridine rings is 2. The molecule has 2 fully saturated rings. The van der Waals surface area contributed by atoms with Gasteiger partial charge in [0.25, 0.3) is 0 Å². The van der Waals surface area contributed by atoms with Crippen LogP contribution < -0.4 is 10.7 Å². The van der Waals surface area contributed by atoms with Gasteiger partial charge in [-0.25, -0.2) is 14.8 Å². The molecule has 37 heavy (non-hydrogen) atoms. The fraction of sp³-hybridized carbons (Fsp3) is 0.500. The lowest BCUT2D eigenvalue weighted by Crippen LogP contribution is -2.45. The van der Waals surface area contributed by atoms with E-state index in [2.05, 4.69) is 43.5 Å². The second kappa shape index (κ2) is 9.90. The zero-order valence-electron chi connectivity index (χ0n) is 21.2. The lowest BCUT2D eigenvalue weighted by Gasteiger charge is -2.34. The summed E-state index contributed by atoms with van der Waals surface area (Å²) in [5.74, 6) is 1.97. The van der Waals surface area contributed by atoms with E-state index in [-0.39, 0.29) is 5.82 Å². The predicted molar refractivity (Wildman–Crippen MR) is 143 cm³/mol. The van der Waals surface area contributed by atoms with Gasteiger partial charge >= 0.3 is 5.76 Å². The molecule has 0 bridgehead atoms. The molecule has 0 atom stereocenters. The molecular formula is C26H31ClN8O2. The van der Waals surface area contributed by atoms with Crippen molar-refractivity contribution < 1.29 is 4.52 Å². The molecular weight excluding hydrogens is 492 g/mol. The maximum absolute atomic E-state index is 11.7. The van der Waals surface area contributed by atoms with Crippen molar-refractivity contribution in [2.45, 2.75) is 39.2 Å². The Balaban J connectivity index is 1.55. The van der Waals surface area contributed by atoms with Crippen molar-refractivity contribution in [1.29, 1.82) is 0 Å². The van der Waals surface area contributed by atoms with Gasteiger partial charge < -0.3 is 14.4 Å². The molecule has 1 N–H and O–H groups in total. The van der Waals surface area contributed by atoms with Crippen LogP contribution >= 0.6 is 11.6 Å². The van der Waals surface area contributed by atoms with Crippen molar-refractivity contribution in [3.05, 3.63) is 40.1 Å². The van der Waals surface area contributed by atoms with Crippen molar-refractivity contribution in [2.24, 2.45) is 11.8 Å². The number of hydrogen-bond donors (Lipinski definition) is 1. The topological polar surface area (TPSA) is 109 Å². The van der Waals surface area contributed by atoms with E-state index in [9.17, 15) is 4.79 Å². The summed E-state index contributed by atoms with van der Waals surface area (Å²) in [6.45, 7) is 7.02. The molecule has 0 unspecified atom stereocenters. The molecule has 1 saturated heterocycles. The Labute approximate surface area is 219 Å². The van der Waals surface area contributed by atoms with E-state index in [0.717, 1.165) is 61.2 Å². The minimum Gasteiger partial charge on any atom is -0.340 e. The van der Waals surface area contributed by atoms with E-state index in [0.29, 0.717) is 22.3 Å². The van der Waals surface area contributed by atoms with Gasteiger partial charge in [0.05, 0.1) is 21.7 Å². The number of rotatable bonds is 5. The monoisotopic (exact) mass is 522 g/mol. The van der Waals surface area contributed by atoms with Crippen LogP contribution in [-0.4, -0.2) is 67.8 Å². The van der Waals surface area contributed by atoms with E-state index >= 15 is 0 Å². The zero-order chi connectivity index (χ0) is 25.5. The van der Waals surface area contributed by atoms with Gasteiger partial charge in [0.15, 0.2) is 0 Å². The number of piperazine rings is 1. The van der Waals surface area contributed by atoms with E-state index in [1.54, 1.807) is 12.4 Å². The summed E-state index contributed by atoms with van der Waals surface area (Å²) in [6, 6.07) is 3.74. The predicted octanol–water partition coefficient (Wildman–Crippen LogP) is 4.07. The number of halogens is 1. The van der Waals surface area contributed by atoms with Crippen LogP contribution in [0.4, 0.5) is 5.95 Å². The first-order valence-electron chi connectivity index (χ1n) is 13.0. The van der Waals surface area contributed by atoms with Crippen molar-refractivity contribution in [3.63, 3.8) is 0 Å². The number of likely N-dealkylation sites (N-methyl/N-ethyl adjacent to an activating group) is 1. The third-order valence-electron chi connectivity index (χ3n) is 7.73. The molecule has 1 aliphatic carbocycles. The summed E-state index contributed by atoms with van der Waals surface area (Å²) in [5.41, 5.74) is 3.72. The summed E-state index contributed by atoms with van der Waals surface area (Å²) < 4.78 is 7.13. The highest BCUT2D eigenvalue weighted by Crippen LogP contribution is 2.37. The Hall–Kier alpha value is -3.24. The van der Waals surface area contributed by atoms with E-state index in [4.69, 9.17) is 26.1 Å². The quantitative estimate of drug-likeness (QED) is 0.418. The average Bonchev–Trinajstić information content (AvgIpc) is 3.49. The minimum absolute atomic E-state index is 0.264. The van der Waals surface area contributed by atoms with Crippen molar-refractivity contribution in [1.82, 2.24) is 34.6 Å². The molecule has 1 aliphatic heterocycles. The van der Waals surface area contributed by atoms with Crippen LogP contribution in [0.2, 0.25) is 5.02 Å². The van der Waals surface area contributed by atoms with Crippen LogP contribution in [0.25, 0.3) is 33.8 Å². The number of imidazole rings is 1.